The molecule has 1 fully saturated rings. The SMILES string of the molecule is CNC(c1ccccc1C)C1(C)CCCCO1. The van der Waals surface area contributed by atoms with Crippen LogP contribution in [0.1, 0.15) is 43.4 Å². The average Bonchev–Trinajstić information content (AvgIpc) is 2.33. The molecule has 0 spiro atoms. The first-order valence-electron chi connectivity index (χ1n) is 6.54. The van der Waals surface area contributed by atoms with Crippen LogP contribution in [-0.4, -0.2) is 19.3 Å². The number of nitrogens with one attached hydrogen (secondary N) is 1. The van der Waals surface area contributed by atoms with Gasteiger partial charge in [-0.3, -0.25) is 0 Å². The molecular weight excluding hydrogens is 210 g/mol. The van der Waals surface area contributed by atoms with Crippen molar-refractivity contribution in [2.75, 3.05) is 13.7 Å². The first-order chi connectivity index (χ1) is 8.17. The fraction of sp³-hybridized carbons (Fsp3) is 0.600. The minimum Gasteiger partial charge on any atom is -0.373 e. The summed E-state index contributed by atoms with van der Waals surface area (Å²) >= 11 is 0. The molecule has 94 valence electrons. The highest BCUT2D eigenvalue weighted by Gasteiger charge is 2.37. The quantitative estimate of drug-likeness (QED) is 0.865. The number of ether oxygens (including phenoxy) is 1. The first kappa shape index (κ1) is 12.6. The van der Waals surface area contributed by atoms with Crippen LogP contribution in [-0.2, 0) is 4.74 Å². The van der Waals surface area contributed by atoms with Crippen molar-refractivity contribution < 1.29 is 4.74 Å². The topological polar surface area (TPSA) is 21.3 Å². The number of hydrogen-bond donors (Lipinski definition) is 1. The predicted molar refractivity (Wildman–Crippen MR) is 71.2 cm³/mol. The maximum Gasteiger partial charge on any atom is 0.0848 e. The van der Waals surface area contributed by atoms with Gasteiger partial charge in [-0.1, -0.05) is 24.3 Å². The van der Waals surface area contributed by atoms with Crippen molar-refractivity contribution in [3.05, 3.63) is 35.4 Å². The molecule has 1 aromatic rings. The maximum atomic E-state index is 6.07. The van der Waals surface area contributed by atoms with Gasteiger partial charge in [0.05, 0.1) is 11.6 Å². The molecule has 0 bridgehead atoms. The summed E-state index contributed by atoms with van der Waals surface area (Å²) in [6.45, 7) is 5.30. The summed E-state index contributed by atoms with van der Waals surface area (Å²) in [4.78, 5) is 0. The largest absolute Gasteiger partial charge is 0.373 e. The van der Waals surface area contributed by atoms with Crippen LogP contribution in [0.25, 0.3) is 0 Å². The zero-order valence-corrected chi connectivity index (χ0v) is 11.1. The molecule has 17 heavy (non-hydrogen) atoms. The Kier molecular flexibility index (Phi) is 3.85. The van der Waals surface area contributed by atoms with Crippen LogP contribution in [0.5, 0.6) is 0 Å². The fourth-order valence-electron chi connectivity index (χ4n) is 2.88. The van der Waals surface area contributed by atoms with E-state index in [1.807, 2.05) is 7.05 Å². The van der Waals surface area contributed by atoms with E-state index in [1.54, 1.807) is 0 Å². The third-order valence-electron chi connectivity index (χ3n) is 3.90. The lowest BCUT2D eigenvalue weighted by atomic mass is 9.83. The molecule has 1 N–H and O–H groups in total. The van der Waals surface area contributed by atoms with E-state index in [2.05, 4.69) is 43.4 Å². The number of hydrogen-bond acceptors (Lipinski definition) is 2. The van der Waals surface area contributed by atoms with E-state index in [0.29, 0.717) is 0 Å². The van der Waals surface area contributed by atoms with Gasteiger partial charge in [0.2, 0.25) is 0 Å². The van der Waals surface area contributed by atoms with Crippen LogP contribution in [0.15, 0.2) is 24.3 Å². The third-order valence-corrected chi connectivity index (χ3v) is 3.90. The van der Waals surface area contributed by atoms with Crippen LogP contribution >= 0.6 is 0 Å². The Hall–Kier alpha value is -0.860. The van der Waals surface area contributed by atoms with Crippen LogP contribution in [0.2, 0.25) is 0 Å². The van der Waals surface area contributed by atoms with Crippen molar-refractivity contribution in [3.8, 4) is 0 Å². The summed E-state index contributed by atoms with van der Waals surface area (Å²) in [6.07, 6.45) is 3.59. The lowest BCUT2D eigenvalue weighted by molar-refractivity contribution is -0.0885. The van der Waals surface area contributed by atoms with Gasteiger partial charge in [0.15, 0.2) is 0 Å². The molecule has 1 saturated heterocycles. The van der Waals surface area contributed by atoms with Gasteiger partial charge in [-0.05, 0) is 51.3 Å². The lowest BCUT2D eigenvalue weighted by Gasteiger charge is -2.41. The van der Waals surface area contributed by atoms with E-state index in [4.69, 9.17) is 4.74 Å². The summed E-state index contributed by atoms with van der Waals surface area (Å²) in [6, 6.07) is 8.86. The Balaban J connectivity index is 2.29. The van der Waals surface area contributed by atoms with E-state index in [0.717, 1.165) is 13.0 Å². The van der Waals surface area contributed by atoms with Crippen molar-refractivity contribution >= 4 is 0 Å². The van der Waals surface area contributed by atoms with Gasteiger partial charge in [-0.15, -0.1) is 0 Å². The number of likely N-dealkylation sites (N-methyl/N-ethyl adjacent to an activating group) is 1. The minimum atomic E-state index is -0.0703. The highest BCUT2D eigenvalue weighted by molar-refractivity contribution is 5.30. The standard InChI is InChI=1S/C15H23NO/c1-12-8-4-5-9-13(12)14(16-3)15(2)10-6-7-11-17-15/h4-5,8-9,14,16H,6-7,10-11H2,1-3H3. The third kappa shape index (κ3) is 2.53. The van der Waals surface area contributed by atoms with E-state index in [-0.39, 0.29) is 11.6 Å². The predicted octanol–water partition coefficient (Wildman–Crippen LogP) is 3.21. The van der Waals surface area contributed by atoms with Crippen LogP contribution in [0, 0.1) is 6.92 Å². The molecule has 2 heteroatoms. The molecule has 2 rings (SSSR count). The second-order valence-electron chi connectivity index (χ2n) is 5.20. The Labute approximate surface area is 104 Å². The van der Waals surface area contributed by atoms with Gasteiger partial charge in [-0.25, -0.2) is 0 Å². The highest BCUT2D eigenvalue weighted by Crippen LogP contribution is 2.37. The highest BCUT2D eigenvalue weighted by atomic mass is 16.5. The van der Waals surface area contributed by atoms with Crippen LogP contribution in [0.3, 0.4) is 0 Å². The molecule has 0 radical (unpaired) electrons. The molecule has 2 atom stereocenters. The monoisotopic (exact) mass is 233 g/mol. The lowest BCUT2D eigenvalue weighted by Crippen LogP contribution is -2.45. The minimum absolute atomic E-state index is 0.0703. The van der Waals surface area contributed by atoms with Crippen molar-refractivity contribution in [3.63, 3.8) is 0 Å². The molecule has 1 heterocycles. The second kappa shape index (κ2) is 5.19. The maximum absolute atomic E-state index is 6.07. The Morgan fingerprint density at radius 1 is 1.29 bits per heavy atom. The van der Waals surface area contributed by atoms with Crippen molar-refractivity contribution in [2.24, 2.45) is 0 Å². The molecule has 2 nitrogen and oxygen atoms in total. The molecule has 2 unspecified atom stereocenters. The normalized spacial score (nSPS) is 26.8. The van der Waals surface area contributed by atoms with Gasteiger partial charge >= 0.3 is 0 Å². The van der Waals surface area contributed by atoms with Crippen molar-refractivity contribution in [1.29, 1.82) is 0 Å². The summed E-state index contributed by atoms with van der Waals surface area (Å²) in [5.41, 5.74) is 2.63. The molecule has 1 aliphatic rings. The molecular formula is C15H23NO. The van der Waals surface area contributed by atoms with Gasteiger partial charge in [0.25, 0.3) is 0 Å². The second-order valence-corrected chi connectivity index (χ2v) is 5.20. The average molecular weight is 233 g/mol. The molecule has 0 aliphatic carbocycles. The molecule has 1 aliphatic heterocycles. The van der Waals surface area contributed by atoms with E-state index in [1.165, 1.54) is 24.0 Å². The summed E-state index contributed by atoms with van der Waals surface area (Å²) < 4.78 is 6.07. The Morgan fingerprint density at radius 2 is 2.06 bits per heavy atom. The van der Waals surface area contributed by atoms with Gasteiger partial charge in [0, 0.05) is 6.61 Å². The number of benzene rings is 1. The molecule has 1 aromatic carbocycles. The summed E-state index contributed by atoms with van der Waals surface area (Å²) in [7, 11) is 2.03. The van der Waals surface area contributed by atoms with E-state index in [9.17, 15) is 0 Å². The van der Waals surface area contributed by atoms with Crippen LogP contribution < -0.4 is 5.32 Å². The van der Waals surface area contributed by atoms with Crippen LogP contribution in [0.4, 0.5) is 0 Å². The van der Waals surface area contributed by atoms with Crippen molar-refractivity contribution in [1.82, 2.24) is 5.32 Å². The van der Waals surface area contributed by atoms with E-state index >= 15 is 0 Å². The molecule has 0 aromatic heterocycles. The van der Waals surface area contributed by atoms with Crippen molar-refractivity contribution in [2.45, 2.75) is 44.8 Å². The van der Waals surface area contributed by atoms with Gasteiger partial charge in [-0.2, -0.15) is 0 Å². The zero-order valence-electron chi connectivity index (χ0n) is 11.1. The Bertz CT molecular complexity index is 369. The van der Waals surface area contributed by atoms with Gasteiger partial charge < -0.3 is 10.1 Å². The smallest absolute Gasteiger partial charge is 0.0848 e. The first-order valence-corrected chi connectivity index (χ1v) is 6.54. The van der Waals surface area contributed by atoms with E-state index < -0.39 is 0 Å². The van der Waals surface area contributed by atoms with Gasteiger partial charge in [0.1, 0.15) is 0 Å². The zero-order chi connectivity index (χ0) is 12.3. The summed E-state index contributed by atoms with van der Waals surface area (Å²) in [5, 5.41) is 3.44. The number of aryl methyl sites for hydroxylation is 1. The fourth-order valence-corrected chi connectivity index (χ4v) is 2.88. The Morgan fingerprint density at radius 3 is 2.65 bits per heavy atom. The summed E-state index contributed by atoms with van der Waals surface area (Å²) in [5.74, 6) is 0. The number of rotatable bonds is 3. The molecule has 0 amide bonds. The molecule has 0 saturated carbocycles.